The molecule has 0 radical (unpaired) electrons. The number of nitrogens with zero attached hydrogens (tertiary/aromatic N) is 4. The van der Waals surface area contributed by atoms with Gasteiger partial charge in [0.15, 0.2) is 11.0 Å². The quantitative estimate of drug-likeness (QED) is 0.527. The lowest BCUT2D eigenvalue weighted by Gasteiger charge is -2.05. The first kappa shape index (κ1) is 17.9. The molecule has 0 amide bonds. The fraction of sp³-hybridized carbons (Fsp3) is 0.263. The number of hydrogen-bond donors (Lipinski definition) is 1. The van der Waals surface area contributed by atoms with E-state index in [2.05, 4.69) is 39.2 Å². The molecule has 1 N–H and O–H groups in total. The number of H-pyrrole nitrogens is 1. The summed E-state index contributed by atoms with van der Waals surface area (Å²) in [7, 11) is 1.95. The van der Waals surface area contributed by atoms with E-state index in [0.717, 1.165) is 31.8 Å². The van der Waals surface area contributed by atoms with Crippen LogP contribution in [0.3, 0.4) is 0 Å². The van der Waals surface area contributed by atoms with E-state index in [4.69, 9.17) is 0 Å². The molecule has 138 valence electrons. The average molecular weight is 398 g/mol. The number of thioether (sulfide) groups is 1. The van der Waals surface area contributed by atoms with Crippen molar-refractivity contribution in [2.45, 2.75) is 31.7 Å². The molecule has 8 heteroatoms. The molecular formula is C19H19N5OS2. The number of aromatic nitrogens is 5. The number of hydrogen-bond acceptors (Lipinski definition) is 6. The molecule has 3 heterocycles. The van der Waals surface area contributed by atoms with Crippen molar-refractivity contribution in [3.8, 4) is 11.4 Å². The maximum absolute atomic E-state index is 12.4. The minimum Gasteiger partial charge on any atom is -0.309 e. The summed E-state index contributed by atoms with van der Waals surface area (Å²) >= 11 is 3.07. The molecule has 27 heavy (non-hydrogen) atoms. The van der Waals surface area contributed by atoms with E-state index in [1.54, 1.807) is 11.3 Å². The number of benzene rings is 1. The van der Waals surface area contributed by atoms with Crippen molar-refractivity contribution in [3.05, 3.63) is 56.4 Å². The molecule has 0 saturated carbocycles. The van der Waals surface area contributed by atoms with Gasteiger partial charge in [-0.1, -0.05) is 35.5 Å². The summed E-state index contributed by atoms with van der Waals surface area (Å²) in [6.45, 7) is 6.04. The van der Waals surface area contributed by atoms with E-state index in [-0.39, 0.29) is 5.56 Å². The molecule has 0 saturated heterocycles. The maximum atomic E-state index is 12.4. The third kappa shape index (κ3) is 3.30. The third-order valence-electron chi connectivity index (χ3n) is 4.54. The zero-order valence-electron chi connectivity index (χ0n) is 15.5. The lowest BCUT2D eigenvalue weighted by molar-refractivity contribution is 0.793. The van der Waals surface area contributed by atoms with E-state index < -0.39 is 0 Å². The summed E-state index contributed by atoms with van der Waals surface area (Å²) < 4.78 is 1.97. The highest BCUT2D eigenvalue weighted by Gasteiger charge is 2.14. The summed E-state index contributed by atoms with van der Waals surface area (Å²) in [4.78, 5) is 21.9. The first-order chi connectivity index (χ1) is 12.9. The molecule has 0 fully saturated rings. The van der Waals surface area contributed by atoms with Crippen LogP contribution in [0.5, 0.6) is 0 Å². The molecule has 0 aliphatic carbocycles. The summed E-state index contributed by atoms with van der Waals surface area (Å²) in [6.07, 6.45) is 0. The van der Waals surface area contributed by atoms with Crippen LogP contribution < -0.4 is 5.56 Å². The predicted octanol–water partition coefficient (Wildman–Crippen LogP) is 4.00. The summed E-state index contributed by atoms with van der Waals surface area (Å²) in [5.41, 5.74) is 3.16. The van der Waals surface area contributed by atoms with E-state index in [1.165, 1.54) is 17.3 Å². The SMILES string of the molecule is Cc1cccc(-c2nnc(SCc3nc4sc(C)c(C)c4c(=O)[nH]3)n2C)c1. The number of aryl methyl sites for hydroxylation is 3. The fourth-order valence-corrected chi connectivity index (χ4v) is 4.81. The number of nitrogens with one attached hydrogen (secondary N) is 1. The molecule has 0 unspecified atom stereocenters. The van der Waals surface area contributed by atoms with Crippen LogP contribution >= 0.6 is 23.1 Å². The lowest BCUT2D eigenvalue weighted by atomic mass is 10.1. The van der Waals surface area contributed by atoms with E-state index in [9.17, 15) is 4.79 Å². The predicted molar refractivity (Wildman–Crippen MR) is 110 cm³/mol. The first-order valence-corrected chi connectivity index (χ1v) is 10.3. The normalized spacial score (nSPS) is 11.4. The summed E-state index contributed by atoms with van der Waals surface area (Å²) in [6, 6.07) is 8.19. The Morgan fingerprint density at radius 3 is 2.81 bits per heavy atom. The van der Waals surface area contributed by atoms with Crippen LogP contribution in [0.15, 0.2) is 34.2 Å². The number of rotatable bonds is 4. The molecule has 0 aliphatic rings. The van der Waals surface area contributed by atoms with E-state index >= 15 is 0 Å². The Kier molecular flexibility index (Phi) is 4.61. The second-order valence-corrected chi connectivity index (χ2v) is 8.65. The van der Waals surface area contributed by atoms with Crippen LogP contribution in [-0.4, -0.2) is 24.7 Å². The lowest BCUT2D eigenvalue weighted by Crippen LogP contribution is -2.11. The average Bonchev–Trinajstić information content (AvgIpc) is 3.13. The number of fused-ring (bicyclic) bond motifs is 1. The Bertz CT molecular complexity index is 1200. The Hall–Kier alpha value is -2.45. The minimum absolute atomic E-state index is 0.0733. The van der Waals surface area contributed by atoms with Crippen molar-refractivity contribution in [2.75, 3.05) is 0 Å². The number of thiophene rings is 1. The van der Waals surface area contributed by atoms with Crippen LogP contribution in [0.2, 0.25) is 0 Å². The zero-order valence-corrected chi connectivity index (χ0v) is 17.2. The number of aromatic amines is 1. The van der Waals surface area contributed by atoms with Crippen molar-refractivity contribution in [3.63, 3.8) is 0 Å². The molecule has 1 aromatic carbocycles. The molecule has 0 atom stereocenters. The van der Waals surface area contributed by atoms with Crippen LogP contribution in [0.1, 0.15) is 21.8 Å². The molecular weight excluding hydrogens is 378 g/mol. The molecule has 4 rings (SSSR count). The molecule has 4 aromatic rings. The van der Waals surface area contributed by atoms with Gasteiger partial charge < -0.3 is 9.55 Å². The van der Waals surface area contributed by atoms with Crippen LogP contribution in [-0.2, 0) is 12.8 Å². The largest absolute Gasteiger partial charge is 0.309 e. The van der Waals surface area contributed by atoms with E-state index in [0.29, 0.717) is 17.0 Å². The van der Waals surface area contributed by atoms with Crippen molar-refractivity contribution in [1.82, 2.24) is 24.7 Å². The third-order valence-corrected chi connectivity index (χ3v) is 6.67. The maximum Gasteiger partial charge on any atom is 0.259 e. The highest BCUT2D eigenvalue weighted by molar-refractivity contribution is 7.98. The van der Waals surface area contributed by atoms with Crippen molar-refractivity contribution in [1.29, 1.82) is 0 Å². The topological polar surface area (TPSA) is 76.5 Å². The Labute approximate surface area is 164 Å². The molecule has 6 nitrogen and oxygen atoms in total. The minimum atomic E-state index is -0.0733. The second kappa shape index (κ2) is 6.94. The summed E-state index contributed by atoms with van der Waals surface area (Å²) in [5.74, 6) is 2.00. The van der Waals surface area contributed by atoms with Crippen LogP contribution in [0.25, 0.3) is 21.6 Å². The molecule has 0 bridgehead atoms. The second-order valence-electron chi connectivity index (χ2n) is 6.50. The van der Waals surface area contributed by atoms with Crippen LogP contribution in [0, 0.1) is 20.8 Å². The van der Waals surface area contributed by atoms with Gasteiger partial charge in [-0.15, -0.1) is 21.5 Å². The highest BCUT2D eigenvalue weighted by Crippen LogP contribution is 2.28. The van der Waals surface area contributed by atoms with Gasteiger partial charge in [-0.2, -0.15) is 0 Å². The molecule has 3 aromatic heterocycles. The standard InChI is InChI=1S/C19H19N5OS2/c1-10-6-5-7-13(8-10)16-22-23-19(24(16)4)26-9-14-20-17(25)15-11(2)12(3)27-18(15)21-14/h5-8H,9H2,1-4H3,(H,20,21,25). The van der Waals surface area contributed by atoms with Gasteiger partial charge in [0.25, 0.3) is 5.56 Å². The van der Waals surface area contributed by atoms with Gasteiger partial charge in [0.05, 0.1) is 11.1 Å². The Morgan fingerprint density at radius 2 is 2.04 bits per heavy atom. The summed E-state index contributed by atoms with van der Waals surface area (Å²) in [5, 5.41) is 10.1. The van der Waals surface area contributed by atoms with Crippen molar-refractivity contribution < 1.29 is 0 Å². The Morgan fingerprint density at radius 1 is 1.22 bits per heavy atom. The van der Waals surface area contributed by atoms with Gasteiger partial charge in [0, 0.05) is 17.5 Å². The van der Waals surface area contributed by atoms with Crippen LogP contribution in [0.4, 0.5) is 0 Å². The van der Waals surface area contributed by atoms with Crippen molar-refractivity contribution >= 4 is 33.3 Å². The van der Waals surface area contributed by atoms with Gasteiger partial charge in [-0.3, -0.25) is 4.79 Å². The zero-order chi connectivity index (χ0) is 19.1. The van der Waals surface area contributed by atoms with Crippen molar-refractivity contribution in [2.24, 2.45) is 7.05 Å². The smallest absolute Gasteiger partial charge is 0.259 e. The first-order valence-electron chi connectivity index (χ1n) is 8.52. The van der Waals surface area contributed by atoms with Gasteiger partial charge in [-0.05, 0) is 32.4 Å². The fourth-order valence-electron chi connectivity index (χ4n) is 2.98. The molecule has 0 aliphatic heterocycles. The van der Waals surface area contributed by atoms with Gasteiger partial charge in [0.2, 0.25) is 0 Å². The monoisotopic (exact) mass is 397 g/mol. The van der Waals surface area contributed by atoms with Gasteiger partial charge in [-0.25, -0.2) is 4.98 Å². The highest BCUT2D eigenvalue weighted by atomic mass is 32.2. The van der Waals surface area contributed by atoms with Gasteiger partial charge >= 0.3 is 0 Å². The Balaban J connectivity index is 1.59. The molecule has 0 spiro atoms. The van der Waals surface area contributed by atoms with E-state index in [1.807, 2.05) is 37.6 Å². The van der Waals surface area contributed by atoms with Gasteiger partial charge in [0.1, 0.15) is 10.7 Å².